The minimum atomic E-state index is -0.138. The van der Waals surface area contributed by atoms with Crippen LogP contribution < -0.4 is 13.9 Å². The largest absolute Gasteiger partial charge is 0.509 e. The maximum absolute atomic E-state index is 6.93. The van der Waals surface area contributed by atoms with Crippen molar-refractivity contribution in [2.24, 2.45) is 0 Å². The number of fused-ring (bicyclic) bond motifs is 7. The summed E-state index contributed by atoms with van der Waals surface area (Å²) in [5.74, 6) is 2.20. The zero-order valence-electron chi connectivity index (χ0n) is 37.4. The Morgan fingerprint density at radius 2 is 1.30 bits per heavy atom. The van der Waals surface area contributed by atoms with Crippen LogP contribution in [0.5, 0.6) is 11.5 Å². The summed E-state index contributed by atoms with van der Waals surface area (Å²) in [5, 5.41) is 2.27. The van der Waals surface area contributed by atoms with Gasteiger partial charge in [0.25, 0.3) is 0 Å². The van der Waals surface area contributed by atoms with Gasteiger partial charge < -0.3 is 9.30 Å². The fraction of sp³-hybridized carbons (Fsp3) is 0.333. The summed E-state index contributed by atoms with van der Waals surface area (Å²) in [5.41, 5.74) is 12.1. The van der Waals surface area contributed by atoms with E-state index in [4.69, 9.17) is 9.72 Å². The molecule has 7 aromatic rings. The van der Waals surface area contributed by atoms with Gasteiger partial charge in [-0.15, -0.1) is 35.2 Å². The topological polar surface area (TPSA) is 27.1 Å². The molecule has 9 rings (SSSR count). The molecule has 0 radical (unpaired) electrons. The monoisotopic (exact) mass is 974 g/mol. The van der Waals surface area contributed by atoms with Crippen molar-refractivity contribution in [1.82, 2.24) is 18.7 Å². The average molecular weight is 975 g/mol. The van der Waals surface area contributed by atoms with Crippen LogP contribution in [0.15, 0.2) is 109 Å². The van der Waals surface area contributed by atoms with Gasteiger partial charge in [0.1, 0.15) is 5.82 Å². The summed E-state index contributed by atoms with van der Waals surface area (Å²) < 4.78 is 10.3. The summed E-state index contributed by atoms with van der Waals surface area (Å²) in [6, 6.07) is 45.6. The first-order chi connectivity index (χ1) is 27.8. The van der Waals surface area contributed by atoms with Crippen LogP contribution >= 0.6 is 0 Å². The predicted octanol–water partition coefficient (Wildman–Crippen LogP) is 14.9. The smallest absolute Gasteiger partial charge is 0.225 e. The molecule has 5 nitrogen and oxygen atoms in total. The number of rotatable bonds is 8. The number of ether oxygens (including phenoxy) is 1. The molecule has 2 atom stereocenters. The summed E-state index contributed by atoms with van der Waals surface area (Å²) in [7, 11) is 0. The third-order valence-electron chi connectivity index (χ3n) is 13.5. The van der Waals surface area contributed by atoms with Gasteiger partial charge in [0.05, 0.1) is 5.69 Å². The maximum Gasteiger partial charge on any atom is 0.225 e. The van der Waals surface area contributed by atoms with Gasteiger partial charge in [0, 0.05) is 68.5 Å². The van der Waals surface area contributed by atoms with Crippen molar-refractivity contribution in [2.75, 3.05) is 0 Å². The van der Waals surface area contributed by atoms with Gasteiger partial charge in [-0.05, 0) is 74.8 Å². The van der Waals surface area contributed by atoms with Gasteiger partial charge in [-0.2, -0.15) is 10.7 Å². The summed E-state index contributed by atoms with van der Waals surface area (Å²) in [6.45, 7) is 30.0. The van der Waals surface area contributed by atoms with E-state index in [1.807, 2.05) is 12.3 Å². The van der Waals surface area contributed by atoms with E-state index in [9.17, 15) is 0 Å². The van der Waals surface area contributed by atoms with Crippen molar-refractivity contribution in [3.63, 3.8) is 0 Å². The zero-order chi connectivity index (χ0) is 41.9. The number of quaternary nitrogens is 2. The molecule has 6 heteroatoms. The fourth-order valence-electron chi connectivity index (χ4n) is 9.19. The molecule has 4 heterocycles. The van der Waals surface area contributed by atoms with E-state index in [1.54, 1.807) is 0 Å². The molecular weight excluding hydrogens is 916 g/mol. The molecule has 2 aliphatic rings. The van der Waals surface area contributed by atoms with Crippen LogP contribution in [-0.2, 0) is 42.7 Å². The van der Waals surface area contributed by atoms with E-state index in [-0.39, 0.29) is 42.7 Å². The SMILES string of the molecule is CCC(C)(CC)c1cccc([N@+]23[CH-][N+]2(c2[c-]c(Oc4[c-]c5c(cc4)c4ccccc4n5-c4cc(C(C)(C)C)ccn4)cc(C(C)(C)C)c2)c2cc(C(C)(C)C)ccc23)c1.[Pt]. The predicted molar refractivity (Wildman–Crippen MR) is 247 cm³/mol. The molecule has 0 aliphatic carbocycles. The van der Waals surface area contributed by atoms with E-state index in [1.165, 1.54) is 39.3 Å². The van der Waals surface area contributed by atoms with Gasteiger partial charge >= 0.3 is 0 Å². The van der Waals surface area contributed by atoms with Crippen molar-refractivity contribution >= 4 is 44.6 Å². The Hall–Kier alpha value is -4.54. The van der Waals surface area contributed by atoms with Crippen LogP contribution in [0.1, 0.15) is 118 Å². The molecule has 5 aromatic carbocycles. The fourth-order valence-corrected chi connectivity index (χ4v) is 9.19. The number of benzene rings is 5. The van der Waals surface area contributed by atoms with Gasteiger partial charge in [0.2, 0.25) is 11.4 Å². The van der Waals surface area contributed by atoms with Crippen LogP contribution in [0.25, 0.3) is 27.6 Å². The molecule has 1 saturated heterocycles. The second-order valence-corrected chi connectivity index (χ2v) is 20.3. The summed E-state index contributed by atoms with van der Waals surface area (Å²) >= 11 is 0. The average Bonchev–Trinajstić information content (AvgIpc) is 3.70. The first-order valence-corrected chi connectivity index (χ1v) is 21.4. The number of para-hydroxylation sites is 1. The van der Waals surface area contributed by atoms with Crippen LogP contribution in [0.4, 0.5) is 22.7 Å². The molecule has 60 heavy (non-hydrogen) atoms. The quantitative estimate of drug-likeness (QED) is 0.0862. The van der Waals surface area contributed by atoms with E-state index in [2.05, 4.69) is 204 Å². The van der Waals surface area contributed by atoms with Crippen molar-refractivity contribution in [3.05, 3.63) is 150 Å². The minimum Gasteiger partial charge on any atom is -0.509 e. The van der Waals surface area contributed by atoms with Crippen molar-refractivity contribution in [2.45, 2.75) is 118 Å². The number of hydrogen-bond donors (Lipinski definition) is 0. The molecule has 0 saturated carbocycles. The molecule has 0 N–H and O–H groups in total. The summed E-state index contributed by atoms with van der Waals surface area (Å²) in [6.07, 6.45) is 4.10. The Balaban J connectivity index is 0.00000499. The zero-order valence-corrected chi connectivity index (χ0v) is 39.7. The molecule has 2 aliphatic heterocycles. The number of nitrogens with zero attached hydrogens (tertiary/aromatic N) is 4. The van der Waals surface area contributed by atoms with Crippen LogP contribution in [0.2, 0.25) is 0 Å². The first kappa shape index (κ1) is 42.2. The number of pyridine rings is 1. The van der Waals surface area contributed by atoms with Gasteiger partial charge in [-0.3, -0.25) is 0 Å². The molecular formula is C54H59N4OPt-. The molecule has 0 amide bonds. The van der Waals surface area contributed by atoms with Gasteiger partial charge in [0.15, 0.2) is 12.4 Å². The first-order valence-electron chi connectivity index (χ1n) is 21.4. The van der Waals surface area contributed by atoms with E-state index < -0.39 is 0 Å². The molecule has 1 fully saturated rings. The van der Waals surface area contributed by atoms with Crippen molar-refractivity contribution in [3.8, 4) is 17.3 Å². The Bertz CT molecular complexity index is 2790. The van der Waals surface area contributed by atoms with Crippen LogP contribution in [-0.4, -0.2) is 9.55 Å². The number of hydrogen-bond acceptors (Lipinski definition) is 2. The van der Waals surface area contributed by atoms with E-state index >= 15 is 0 Å². The van der Waals surface area contributed by atoms with Gasteiger partial charge in [-0.25, -0.2) is 9.58 Å². The second-order valence-electron chi connectivity index (χ2n) is 20.3. The summed E-state index contributed by atoms with van der Waals surface area (Å²) in [4.78, 5) is 4.90. The molecule has 0 spiro atoms. The Labute approximate surface area is 372 Å². The molecule has 0 bridgehead atoms. The van der Waals surface area contributed by atoms with Crippen molar-refractivity contribution in [1.29, 1.82) is 0 Å². The van der Waals surface area contributed by atoms with Crippen LogP contribution in [0.3, 0.4) is 0 Å². The normalized spacial score (nSPS) is 18.7. The second kappa shape index (κ2) is 14.3. The van der Waals surface area contributed by atoms with Crippen molar-refractivity contribution < 1.29 is 25.8 Å². The maximum atomic E-state index is 6.93. The third kappa shape index (κ3) is 6.41. The molecule has 312 valence electrons. The Morgan fingerprint density at radius 3 is 2.00 bits per heavy atom. The Kier molecular flexibility index (Phi) is 10.0. The van der Waals surface area contributed by atoms with E-state index in [0.29, 0.717) is 20.7 Å². The van der Waals surface area contributed by atoms with Crippen LogP contribution in [0, 0.1) is 18.8 Å². The minimum absolute atomic E-state index is 0. The van der Waals surface area contributed by atoms with Gasteiger partial charge in [-0.1, -0.05) is 131 Å². The molecule has 2 aromatic heterocycles. The standard InChI is InChI=1S/C54H59N4O.Pt/c1-13-54(12,14-2)38-18-17-19-40(28-38)57-35-58(57,49-31-36(51(3,4)5)22-25-48(49)57)41-29-39(53(9,10)11)30-43(33-41)59-42-23-24-45-44-20-15-16-21-46(44)56(47(45)34-42)50-32-37(26-27-55-50)52(6,7)8;/h15-32,35H,13-14H2,1-12H3;/q-1;/t57-,58?;/m0./s1. The third-order valence-corrected chi connectivity index (χ3v) is 13.5. The Morgan fingerprint density at radius 1 is 0.600 bits per heavy atom. The number of aromatic nitrogens is 2. The molecule has 1 unspecified atom stereocenters. The van der Waals surface area contributed by atoms with E-state index in [0.717, 1.165) is 46.2 Å².